The second-order valence-electron chi connectivity index (χ2n) is 6.67. The summed E-state index contributed by atoms with van der Waals surface area (Å²) in [5.74, 6) is 0.0635. The fourth-order valence-electron chi connectivity index (χ4n) is 3.75. The maximum absolute atomic E-state index is 12.3. The average molecular weight is 310 g/mol. The molecule has 2 amide bonds. The Balaban J connectivity index is 1.33. The zero-order valence-corrected chi connectivity index (χ0v) is 12.7. The van der Waals surface area contributed by atoms with Crippen LogP contribution >= 0.6 is 0 Å². The third-order valence-electron chi connectivity index (χ3n) is 4.99. The van der Waals surface area contributed by atoms with Gasteiger partial charge < -0.3 is 14.6 Å². The molecule has 2 heterocycles. The van der Waals surface area contributed by atoms with E-state index in [1.807, 2.05) is 24.3 Å². The second kappa shape index (κ2) is 4.98. The average Bonchev–Trinajstić information content (AvgIpc) is 2.91. The molecular formula is C18H18N2O3. The number of carbonyl (C=O) groups excluding carboxylic acids is 2. The Morgan fingerprint density at radius 3 is 2.83 bits per heavy atom. The number of amides is 2. The van der Waals surface area contributed by atoms with E-state index in [0.29, 0.717) is 0 Å². The first-order chi connectivity index (χ1) is 11.1. The van der Waals surface area contributed by atoms with Crippen LogP contribution in [-0.2, 0) is 9.59 Å². The van der Waals surface area contributed by atoms with E-state index in [9.17, 15) is 9.59 Å². The maximum atomic E-state index is 12.3. The minimum absolute atomic E-state index is 0.0183. The lowest BCUT2D eigenvalue weighted by atomic mass is 9.57. The zero-order valence-electron chi connectivity index (χ0n) is 12.7. The fourth-order valence-corrected chi connectivity index (χ4v) is 3.75. The predicted octanol–water partition coefficient (Wildman–Crippen LogP) is 2.80. The van der Waals surface area contributed by atoms with Gasteiger partial charge in [-0.1, -0.05) is 6.58 Å². The molecule has 118 valence electrons. The van der Waals surface area contributed by atoms with Crippen molar-refractivity contribution in [2.45, 2.75) is 12.8 Å². The van der Waals surface area contributed by atoms with Gasteiger partial charge in [-0.3, -0.25) is 9.59 Å². The molecule has 0 unspecified atom stereocenters. The van der Waals surface area contributed by atoms with E-state index in [0.717, 1.165) is 42.6 Å². The summed E-state index contributed by atoms with van der Waals surface area (Å²) in [4.78, 5) is 25.6. The maximum Gasteiger partial charge on any atom is 0.245 e. The van der Waals surface area contributed by atoms with Crippen LogP contribution in [0.4, 0.5) is 5.69 Å². The fraction of sp³-hybridized carbons (Fsp3) is 0.333. The first-order valence-electron chi connectivity index (χ1n) is 7.78. The molecule has 1 spiro atoms. The van der Waals surface area contributed by atoms with Crippen LogP contribution < -0.4 is 5.32 Å². The standard InChI is InChI=1S/C18H18N2O3/c1-2-16(21)20-10-18(11-20)8-13(9-18)17(22)19-14-4-3-12-5-6-23-15(12)7-14/h2-7,13H,1,8-11H2,(H,19,22). The van der Waals surface area contributed by atoms with Gasteiger partial charge in [0, 0.05) is 41.6 Å². The monoisotopic (exact) mass is 310 g/mol. The number of carbonyl (C=O) groups is 2. The first-order valence-corrected chi connectivity index (χ1v) is 7.78. The molecular weight excluding hydrogens is 292 g/mol. The van der Waals surface area contributed by atoms with E-state index in [-0.39, 0.29) is 23.1 Å². The summed E-state index contributed by atoms with van der Waals surface area (Å²) < 4.78 is 5.35. The van der Waals surface area contributed by atoms with Crippen LogP contribution in [-0.4, -0.2) is 29.8 Å². The Labute approximate surface area is 133 Å². The van der Waals surface area contributed by atoms with Crippen LogP contribution in [0.2, 0.25) is 0 Å². The van der Waals surface area contributed by atoms with E-state index in [4.69, 9.17) is 4.42 Å². The van der Waals surface area contributed by atoms with Crippen LogP contribution in [0, 0.1) is 11.3 Å². The van der Waals surface area contributed by atoms with Crippen molar-refractivity contribution in [3.63, 3.8) is 0 Å². The van der Waals surface area contributed by atoms with Crippen molar-refractivity contribution < 1.29 is 14.0 Å². The van der Waals surface area contributed by atoms with Gasteiger partial charge in [-0.05, 0) is 37.1 Å². The molecule has 2 aliphatic rings. The van der Waals surface area contributed by atoms with Crippen LogP contribution in [0.25, 0.3) is 11.0 Å². The summed E-state index contributed by atoms with van der Waals surface area (Å²) in [5, 5.41) is 3.98. The number of anilines is 1. The van der Waals surface area contributed by atoms with Crippen LogP contribution in [0.1, 0.15) is 12.8 Å². The van der Waals surface area contributed by atoms with E-state index < -0.39 is 0 Å². The molecule has 1 aliphatic heterocycles. The van der Waals surface area contributed by atoms with E-state index >= 15 is 0 Å². The van der Waals surface area contributed by atoms with Crippen molar-refractivity contribution >= 4 is 28.5 Å². The predicted molar refractivity (Wildman–Crippen MR) is 86.8 cm³/mol. The van der Waals surface area contributed by atoms with Gasteiger partial charge >= 0.3 is 0 Å². The highest BCUT2D eigenvalue weighted by Crippen LogP contribution is 2.52. The van der Waals surface area contributed by atoms with Crippen molar-refractivity contribution in [2.75, 3.05) is 18.4 Å². The molecule has 1 aromatic heterocycles. The lowest BCUT2D eigenvalue weighted by molar-refractivity contribution is -0.154. The molecule has 1 aliphatic carbocycles. The Kier molecular flexibility index (Phi) is 3.04. The van der Waals surface area contributed by atoms with Gasteiger partial charge in [0.2, 0.25) is 11.8 Å². The summed E-state index contributed by atoms with van der Waals surface area (Å²) >= 11 is 0. The molecule has 0 radical (unpaired) electrons. The van der Waals surface area contributed by atoms with E-state index in [1.54, 1.807) is 11.2 Å². The third kappa shape index (κ3) is 2.32. The molecule has 2 fully saturated rings. The van der Waals surface area contributed by atoms with Crippen molar-refractivity contribution in [2.24, 2.45) is 11.3 Å². The van der Waals surface area contributed by atoms with Gasteiger partial charge in [0.05, 0.1) is 6.26 Å². The van der Waals surface area contributed by atoms with Gasteiger partial charge in [0.25, 0.3) is 0 Å². The molecule has 1 aromatic carbocycles. The third-order valence-corrected chi connectivity index (χ3v) is 4.99. The Hall–Kier alpha value is -2.56. The van der Waals surface area contributed by atoms with Gasteiger partial charge in [-0.2, -0.15) is 0 Å². The van der Waals surface area contributed by atoms with Gasteiger partial charge in [-0.15, -0.1) is 0 Å². The molecule has 2 aromatic rings. The molecule has 1 saturated carbocycles. The van der Waals surface area contributed by atoms with Crippen molar-refractivity contribution in [1.82, 2.24) is 4.90 Å². The van der Waals surface area contributed by atoms with Crippen LogP contribution in [0.5, 0.6) is 0 Å². The highest BCUT2D eigenvalue weighted by Gasteiger charge is 2.55. The number of likely N-dealkylation sites (tertiary alicyclic amines) is 1. The second-order valence-corrected chi connectivity index (χ2v) is 6.67. The van der Waals surface area contributed by atoms with Gasteiger partial charge in [-0.25, -0.2) is 0 Å². The molecule has 4 rings (SSSR count). The van der Waals surface area contributed by atoms with Crippen LogP contribution in [0.15, 0.2) is 47.6 Å². The summed E-state index contributed by atoms with van der Waals surface area (Å²) in [5.41, 5.74) is 1.69. The topological polar surface area (TPSA) is 62.6 Å². The molecule has 5 heteroatoms. The molecule has 5 nitrogen and oxygen atoms in total. The molecule has 1 N–H and O–H groups in total. The molecule has 0 bridgehead atoms. The Morgan fingerprint density at radius 2 is 2.09 bits per heavy atom. The summed E-state index contributed by atoms with van der Waals surface area (Å²) in [6, 6.07) is 7.55. The van der Waals surface area contributed by atoms with Crippen molar-refractivity contribution in [3.8, 4) is 0 Å². The SMILES string of the molecule is C=CC(=O)N1CC2(CC(C(=O)Nc3ccc4ccoc4c3)C2)C1. The van der Waals surface area contributed by atoms with E-state index in [2.05, 4.69) is 11.9 Å². The normalized spacial score (nSPS) is 19.2. The van der Waals surface area contributed by atoms with Gasteiger partial charge in [0.1, 0.15) is 5.58 Å². The number of fused-ring (bicyclic) bond motifs is 1. The quantitative estimate of drug-likeness (QED) is 0.887. The van der Waals surface area contributed by atoms with Gasteiger partial charge in [0.15, 0.2) is 0 Å². The summed E-state index contributed by atoms with van der Waals surface area (Å²) in [7, 11) is 0. The van der Waals surface area contributed by atoms with Crippen molar-refractivity contribution in [1.29, 1.82) is 0 Å². The first kappa shape index (κ1) is 14.1. The summed E-state index contributed by atoms with van der Waals surface area (Å²) in [6.07, 6.45) is 4.69. The Morgan fingerprint density at radius 1 is 1.30 bits per heavy atom. The lowest BCUT2D eigenvalue weighted by Crippen LogP contribution is -2.64. The number of hydrogen-bond donors (Lipinski definition) is 1. The van der Waals surface area contributed by atoms with E-state index in [1.165, 1.54) is 6.08 Å². The van der Waals surface area contributed by atoms with Crippen LogP contribution in [0.3, 0.4) is 0 Å². The number of benzene rings is 1. The highest BCUT2D eigenvalue weighted by molar-refractivity contribution is 5.95. The summed E-state index contributed by atoms with van der Waals surface area (Å²) in [6.45, 7) is 5.00. The number of rotatable bonds is 3. The number of nitrogens with zero attached hydrogens (tertiary/aromatic N) is 1. The zero-order chi connectivity index (χ0) is 16.0. The largest absolute Gasteiger partial charge is 0.464 e. The highest BCUT2D eigenvalue weighted by atomic mass is 16.3. The van der Waals surface area contributed by atoms with Crippen molar-refractivity contribution in [3.05, 3.63) is 43.2 Å². The number of hydrogen-bond acceptors (Lipinski definition) is 3. The number of nitrogens with one attached hydrogen (secondary N) is 1. The molecule has 0 atom stereocenters. The minimum atomic E-state index is -0.0183. The Bertz CT molecular complexity index is 793. The number of furan rings is 1. The lowest BCUT2D eigenvalue weighted by Gasteiger charge is -2.58. The molecule has 1 saturated heterocycles. The molecule has 23 heavy (non-hydrogen) atoms. The minimum Gasteiger partial charge on any atom is -0.464 e. The smallest absolute Gasteiger partial charge is 0.245 e.